The van der Waals surface area contributed by atoms with Crippen LogP contribution in [0.5, 0.6) is 0 Å². The predicted octanol–water partition coefficient (Wildman–Crippen LogP) is 3.75. The summed E-state index contributed by atoms with van der Waals surface area (Å²) in [6, 6.07) is 2.03. The van der Waals surface area contributed by atoms with Gasteiger partial charge in [-0.1, -0.05) is 11.6 Å². The second-order valence-electron chi connectivity index (χ2n) is 5.30. The molecule has 0 aromatic carbocycles. The van der Waals surface area contributed by atoms with Crippen molar-refractivity contribution < 1.29 is 4.74 Å². The van der Waals surface area contributed by atoms with Crippen molar-refractivity contribution >= 4 is 22.9 Å². The molecule has 2 atom stereocenters. The van der Waals surface area contributed by atoms with Crippen molar-refractivity contribution in [2.75, 3.05) is 6.61 Å². The van der Waals surface area contributed by atoms with Gasteiger partial charge in [-0.15, -0.1) is 11.3 Å². The lowest BCUT2D eigenvalue weighted by Crippen LogP contribution is -2.47. The Morgan fingerprint density at radius 2 is 2.35 bits per heavy atom. The minimum absolute atomic E-state index is 0.0869. The molecule has 1 aliphatic carbocycles. The maximum absolute atomic E-state index is 6.39. The molecule has 1 saturated heterocycles. The van der Waals surface area contributed by atoms with Crippen molar-refractivity contribution in [1.29, 1.82) is 0 Å². The molecule has 3 rings (SSSR count). The lowest BCUT2D eigenvalue weighted by atomic mass is 9.70. The number of rotatable bonds is 2. The first kappa shape index (κ1) is 12.0. The molecule has 94 valence electrons. The predicted molar refractivity (Wildman–Crippen MR) is 71.5 cm³/mol. The molecule has 0 amide bonds. The Hall–Kier alpha value is -0.0900. The van der Waals surface area contributed by atoms with Gasteiger partial charge in [-0.2, -0.15) is 0 Å². The topological polar surface area (TPSA) is 35.2 Å². The third-order valence-corrected chi connectivity index (χ3v) is 5.71. The normalized spacial score (nSPS) is 28.9. The van der Waals surface area contributed by atoms with E-state index in [1.54, 1.807) is 11.3 Å². The summed E-state index contributed by atoms with van der Waals surface area (Å²) < 4.78 is 5.94. The van der Waals surface area contributed by atoms with Crippen LogP contribution in [0, 0.1) is 5.92 Å². The molecule has 4 heteroatoms. The van der Waals surface area contributed by atoms with Crippen LogP contribution in [0.2, 0.25) is 5.02 Å². The first-order chi connectivity index (χ1) is 8.20. The van der Waals surface area contributed by atoms with E-state index in [2.05, 4.69) is 0 Å². The van der Waals surface area contributed by atoms with Gasteiger partial charge in [-0.05, 0) is 49.5 Å². The number of hydrogen-bond donors (Lipinski definition) is 1. The van der Waals surface area contributed by atoms with Crippen LogP contribution in [0.3, 0.4) is 0 Å². The van der Waals surface area contributed by atoms with Crippen LogP contribution < -0.4 is 5.73 Å². The first-order valence-corrected chi connectivity index (χ1v) is 7.58. The van der Waals surface area contributed by atoms with Crippen molar-refractivity contribution in [3.8, 4) is 0 Å². The fraction of sp³-hybridized carbons (Fsp3) is 0.692. The van der Waals surface area contributed by atoms with Crippen molar-refractivity contribution in [3.63, 3.8) is 0 Å². The van der Waals surface area contributed by atoms with Crippen LogP contribution in [-0.4, -0.2) is 12.2 Å². The monoisotopic (exact) mass is 271 g/mol. The molecule has 1 aromatic heterocycles. The summed E-state index contributed by atoms with van der Waals surface area (Å²) >= 11 is 7.85. The highest BCUT2D eigenvalue weighted by Crippen LogP contribution is 2.47. The van der Waals surface area contributed by atoms with E-state index in [1.165, 1.54) is 19.3 Å². The molecule has 2 heterocycles. The van der Waals surface area contributed by atoms with Gasteiger partial charge >= 0.3 is 0 Å². The van der Waals surface area contributed by atoms with Gasteiger partial charge in [0.1, 0.15) is 0 Å². The van der Waals surface area contributed by atoms with Gasteiger partial charge in [-0.25, -0.2) is 0 Å². The van der Waals surface area contributed by atoms with Gasteiger partial charge in [0.25, 0.3) is 0 Å². The van der Waals surface area contributed by atoms with E-state index in [9.17, 15) is 0 Å². The Labute approximate surface area is 111 Å². The number of hydrogen-bond acceptors (Lipinski definition) is 3. The molecule has 2 nitrogen and oxygen atoms in total. The number of ether oxygens (including phenoxy) is 1. The van der Waals surface area contributed by atoms with Gasteiger partial charge in [0.05, 0.1) is 10.6 Å². The van der Waals surface area contributed by atoms with Crippen LogP contribution in [0.4, 0.5) is 0 Å². The van der Waals surface area contributed by atoms with Gasteiger partial charge < -0.3 is 10.5 Å². The van der Waals surface area contributed by atoms with E-state index in [1.807, 2.05) is 11.4 Å². The Balaban J connectivity index is 1.73. The van der Waals surface area contributed by atoms with Crippen LogP contribution in [0.25, 0.3) is 0 Å². The molecule has 2 unspecified atom stereocenters. The molecule has 0 radical (unpaired) electrons. The molecular formula is C13H18ClNOS. The number of thiophene rings is 1. The average Bonchev–Trinajstić information content (AvgIpc) is 2.73. The fourth-order valence-electron chi connectivity index (χ4n) is 3.05. The molecule has 1 aliphatic heterocycles. The minimum Gasteiger partial charge on any atom is -0.375 e. The lowest BCUT2D eigenvalue weighted by molar-refractivity contribution is -0.146. The molecule has 17 heavy (non-hydrogen) atoms. The maximum atomic E-state index is 6.39. The van der Waals surface area contributed by atoms with Crippen molar-refractivity contribution in [3.05, 3.63) is 21.3 Å². The molecule has 2 fully saturated rings. The van der Waals surface area contributed by atoms with Crippen LogP contribution >= 0.6 is 22.9 Å². The molecule has 1 aromatic rings. The summed E-state index contributed by atoms with van der Waals surface area (Å²) in [5.74, 6) is 0.528. The van der Waals surface area contributed by atoms with E-state index in [-0.39, 0.29) is 11.6 Å². The average molecular weight is 272 g/mol. The highest BCUT2D eigenvalue weighted by Gasteiger charge is 2.44. The number of nitrogens with two attached hydrogens (primary N) is 1. The smallest absolute Gasteiger partial charge is 0.0686 e. The fourth-order valence-corrected chi connectivity index (χ4v) is 4.33. The number of halogens is 1. The molecule has 1 spiro atoms. The second kappa shape index (κ2) is 4.54. The third kappa shape index (κ3) is 2.14. The first-order valence-electron chi connectivity index (χ1n) is 6.33. The minimum atomic E-state index is 0.0869. The molecular weight excluding hydrogens is 254 g/mol. The second-order valence-corrected chi connectivity index (χ2v) is 6.65. The molecule has 1 saturated carbocycles. The van der Waals surface area contributed by atoms with Gasteiger partial charge in [0.2, 0.25) is 0 Å². The Kier molecular flexibility index (Phi) is 3.20. The highest BCUT2D eigenvalue weighted by molar-refractivity contribution is 7.10. The summed E-state index contributed by atoms with van der Waals surface area (Å²) in [6.07, 6.45) is 5.92. The van der Waals surface area contributed by atoms with Crippen LogP contribution in [-0.2, 0) is 4.74 Å². The summed E-state index contributed by atoms with van der Waals surface area (Å²) in [5.41, 5.74) is 6.56. The van der Waals surface area contributed by atoms with Crippen molar-refractivity contribution in [1.82, 2.24) is 0 Å². The molecule has 2 N–H and O–H groups in total. The Morgan fingerprint density at radius 3 is 2.94 bits per heavy atom. The van der Waals surface area contributed by atoms with Gasteiger partial charge in [-0.3, -0.25) is 0 Å². The van der Waals surface area contributed by atoms with Gasteiger partial charge in [0.15, 0.2) is 0 Å². The zero-order chi connectivity index (χ0) is 11.9. The van der Waals surface area contributed by atoms with Crippen LogP contribution in [0.1, 0.15) is 43.0 Å². The van der Waals surface area contributed by atoms with Crippen LogP contribution in [0.15, 0.2) is 11.4 Å². The van der Waals surface area contributed by atoms with Crippen molar-refractivity contribution in [2.45, 2.75) is 43.7 Å². The lowest BCUT2D eigenvalue weighted by Gasteiger charge is -2.48. The van der Waals surface area contributed by atoms with E-state index < -0.39 is 0 Å². The SMILES string of the molecule is NC(c1sccc1Cl)C1CCOC2(CCC2)C1. The van der Waals surface area contributed by atoms with Gasteiger partial charge in [0, 0.05) is 17.5 Å². The van der Waals surface area contributed by atoms with E-state index in [0.717, 1.165) is 29.3 Å². The Morgan fingerprint density at radius 1 is 1.53 bits per heavy atom. The molecule has 0 bridgehead atoms. The summed E-state index contributed by atoms with van der Waals surface area (Å²) in [7, 11) is 0. The zero-order valence-electron chi connectivity index (χ0n) is 9.82. The zero-order valence-corrected chi connectivity index (χ0v) is 11.4. The maximum Gasteiger partial charge on any atom is 0.0686 e. The third-order valence-electron chi connectivity index (χ3n) is 4.25. The van der Waals surface area contributed by atoms with E-state index in [0.29, 0.717) is 5.92 Å². The standard InChI is InChI=1S/C13H18ClNOS/c14-10-3-7-17-12(10)11(15)9-2-6-16-13(8-9)4-1-5-13/h3,7,9,11H,1-2,4-6,8,15H2. The summed E-state index contributed by atoms with van der Waals surface area (Å²) in [5, 5.41) is 2.85. The molecule has 2 aliphatic rings. The quantitative estimate of drug-likeness (QED) is 0.889. The Bertz CT molecular complexity index is 402. The van der Waals surface area contributed by atoms with E-state index in [4.69, 9.17) is 22.1 Å². The largest absolute Gasteiger partial charge is 0.375 e. The van der Waals surface area contributed by atoms with E-state index >= 15 is 0 Å². The summed E-state index contributed by atoms with van der Waals surface area (Å²) in [4.78, 5) is 1.15. The summed E-state index contributed by atoms with van der Waals surface area (Å²) in [6.45, 7) is 0.862. The van der Waals surface area contributed by atoms with Crippen molar-refractivity contribution in [2.24, 2.45) is 11.7 Å². The highest BCUT2D eigenvalue weighted by atomic mass is 35.5.